The zero-order valence-electron chi connectivity index (χ0n) is 27.3. The molecule has 0 saturated carbocycles. The number of hydrogen-bond donors (Lipinski definition) is 6. The number of carbonyl (C=O) groups is 2. The van der Waals surface area contributed by atoms with Gasteiger partial charge in [-0.25, -0.2) is 18.2 Å². The molecule has 0 aliphatic carbocycles. The molecule has 1 aromatic carbocycles. The number of hydrogen-bond acceptors (Lipinski definition) is 11. The number of anilines is 3. The van der Waals surface area contributed by atoms with Crippen molar-refractivity contribution in [1.82, 2.24) is 25.0 Å². The Morgan fingerprint density at radius 2 is 1.88 bits per heavy atom. The Morgan fingerprint density at radius 1 is 1.06 bits per heavy atom. The molecule has 1 fully saturated rings. The van der Waals surface area contributed by atoms with E-state index in [1.165, 1.54) is 18.2 Å². The number of sulfonamides is 1. The highest BCUT2D eigenvalue weighted by Crippen LogP contribution is 2.26. The summed E-state index contributed by atoms with van der Waals surface area (Å²) < 4.78 is 31.1. The van der Waals surface area contributed by atoms with E-state index in [2.05, 4.69) is 40.2 Å². The van der Waals surface area contributed by atoms with Gasteiger partial charge >= 0.3 is 5.97 Å². The standard InChI is InChI=1S/C32H41N11O5S2/c33-32(34)36-11-4-7-27(31(45)46)39-30(44)29-26(9-18-49-29)40-50(47,48)25-6-3-5-24(19-25)37-20-23-21-38-43(22-23)17-14-41-12-15-42(16-13-41)28-8-1-2-10-35-28/h1-3,5-6,8-10,18-19,21-22,27,37,40H,4,7,11-17,20H2,(H,39,44)(H,45,46)(H4,33,34,36). The first-order valence-corrected chi connectivity index (χ1v) is 18.4. The van der Waals surface area contributed by atoms with Crippen LogP contribution in [0.25, 0.3) is 0 Å². The Morgan fingerprint density at radius 3 is 2.62 bits per heavy atom. The predicted molar refractivity (Wildman–Crippen MR) is 193 cm³/mol. The fourth-order valence-electron chi connectivity index (χ4n) is 5.34. The van der Waals surface area contributed by atoms with Gasteiger partial charge in [0.05, 0.1) is 23.3 Å². The maximum Gasteiger partial charge on any atom is 0.326 e. The molecule has 1 saturated heterocycles. The first kappa shape index (κ1) is 36.1. The van der Waals surface area contributed by atoms with Crippen molar-refractivity contribution in [3.63, 3.8) is 0 Å². The van der Waals surface area contributed by atoms with Crippen molar-refractivity contribution in [1.29, 1.82) is 0 Å². The number of pyridine rings is 1. The highest BCUT2D eigenvalue weighted by molar-refractivity contribution is 7.92. The normalized spacial score (nSPS) is 14.1. The number of benzene rings is 1. The number of guanidine groups is 1. The zero-order valence-corrected chi connectivity index (χ0v) is 28.9. The van der Waals surface area contributed by atoms with Crippen LogP contribution < -0.4 is 31.7 Å². The monoisotopic (exact) mass is 723 g/mol. The molecule has 266 valence electrons. The molecule has 8 N–H and O–H groups in total. The van der Waals surface area contributed by atoms with Gasteiger partial charge in [-0.1, -0.05) is 12.1 Å². The lowest BCUT2D eigenvalue weighted by atomic mass is 10.1. The zero-order chi connectivity index (χ0) is 35.5. The van der Waals surface area contributed by atoms with Crippen LogP contribution in [0.5, 0.6) is 0 Å². The number of nitrogens with two attached hydrogens (primary N) is 2. The fourth-order valence-corrected chi connectivity index (χ4v) is 7.27. The molecule has 16 nitrogen and oxygen atoms in total. The van der Waals surface area contributed by atoms with Crippen LogP contribution in [0.15, 0.2) is 82.4 Å². The Balaban J connectivity index is 1.11. The van der Waals surface area contributed by atoms with Crippen molar-refractivity contribution in [2.24, 2.45) is 16.5 Å². The van der Waals surface area contributed by atoms with Crippen LogP contribution in [-0.4, -0.2) is 96.3 Å². The third-order valence-corrected chi connectivity index (χ3v) is 10.3. The molecule has 1 aliphatic heterocycles. The fraction of sp³-hybridized carbons (Fsp3) is 0.344. The minimum absolute atomic E-state index is 0.0120. The van der Waals surface area contributed by atoms with Crippen molar-refractivity contribution in [3.05, 3.63) is 82.9 Å². The van der Waals surface area contributed by atoms with Crippen LogP contribution in [0.4, 0.5) is 17.2 Å². The molecule has 1 aliphatic rings. The second-order valence-corrected chi connectivity index (χ2v) is 14.2. The van der Waals surface area contributed by atoms with Gasteiger partial charge in [0.2, 0.25) is 0 Å². The molecular formula is C32H41N11O5S2. The summed E-state index contributed by atoms with van der Waals surface area (Å²) >= 11 is 0.987. The molecule has 3 aromatic heterocycles. The van der Waals surface area contributed by atoms with Crippen molar-refractivity contribution in [2.75, 3.05) is 54.2 Å². The molecule has 18 heteroatoms. The molecular weight excluding hydrogens is 683 g/mol. The molecule has 0 bridgehead atoms. The molecule has 5 rings (SSSR count). The SMILES string of the molecule is NC(N)=NCCCC(NC(=O)c1sccc1NS(=O)(=O)c1cccc(NCc2cnn(CCN3CCN(c4ccccn4)CC3)c2)c1)C(=O)O. The summed E-state index contributed by atoms with van der Waals surface area (Å²) in [6.45, 7) is 6.03. The summed E-state index contributed by atoms with van der Waals surface area (Å²) in [6.07, 6.45) is 5.98. The Bertz CT molecular complexity index is 1870. The van der Waals surface area contributed by atoms with Gasteiger partial charge in [0.1, 0.15) is 16.7 Å². The van der Waals surface area contributed by atoms with Crippen LogP contribution in [0, 0.1) is 0 Å². The third-order valence-electron chi connectivity index (χ3n) is 7.98. The van der Waals surface area contributed by atoms with Gasteiger partial charge in [-0.2, -0.15) is 5.10 Å². The molecule has 1 atom stereocenters. The Labute approximate surface area is 294 Å². The second-order valence-electron chi connectivity index (χ2n) is 11.6. The second kappa shape index (κ2) is 17.0. The van der Waals surface area contributed by atoms with Crippen molar-refractivity contribution >= 4 is 56.4 Å². The van der Waals surface area contributed by atoms with Crippen molar-refractivity contribution in [2.45, 2.75) is 36.9 Å². The minimum Gasteiger partial charge on any atom is -0.480 e. The number of rotatable bonds is 17. The Hall–Kier alpha value is -5.20. The summed E-state index contributed by atoms with van der Waals surface area (Å²) in [5, 5.41) is 21.3. The average molecular weight is 724 g/mol. The quantitative estimate of drug-likeness (QED) is 0.0521. The largest absolute Gasteiger partial charge is 0.480 e. The lowest BCUT2D eigenvalue weighted by Crippen LogP contribution is -2.47. The van der Waals surface area contributed by atoms with Crippen LogP contribution in [0.3, 0.4) is 0 Å². The van der Waals surface area contributed by atoms with Crippen molar-refractivity contribution in [3.8, 4) is 0 Å². The molecule has 0 radical (unpaired) electrons. The van der Waals surface area contributed by atoms with Crippen LogP contribution in [0.2, 0.25) is 0 Å². The molecule has 4 heterocycles. The first-order valence-electron chi connectivity index (χ1n) is 16.0. The topological polar surface area (TPSA) is 226 Å². The number of carboxylic acids is 1. The summed E-state index contributed by atoms with van der Waals surface area (Å²) in [4.78, 5) is 37.7. The van der Waals surface area contributed by atoms with Crippen molar-refractivity contribution < 1.29 is 23.1 Å². The number of amides is 1. The van der Waals surface area contributed by atoms with Gasteiger partial charge < -0.3 is 32.1 Å². The van der Waals surface area contributed by atoms with Gasteiger partial charge in [-0.3, -0.25) is 24.1 Å². The number of thiophene rings is 1. The van der Waals surface area contributed by atoms with E-state index in [0.717, 1.165) is 62.0 Å². The summed E-state index contributed by atoms with van der Waals surface area (Å²) in [6, 6.07) is 12.5. The summed E-state index contributed by atoms with van der Waals surface area (Å²) in [5.41, 5.74) is 12.2. The number of carbonyl (C=O) groups excluding carboxylic acids is 1. The van der Waals surface area contributed by atoms with E-state index in [9.17, 15) is 23.1 Å². The third kappa shape index (κ3) is 10.2. The van der Waals surface area contributed by atoms with E-state index < -0.39 is 27.9 Å². The van der Waals surface area contributed by atoms with Gasteiger partial charge in [-0.05, 0) is 54.6 Å². The van der Waals surface area contributed by atoms with Gasteiger partial charge in [0.25, 0.3) is 15.9 Å². The van der Waals surface area contributed by atoms with E-state index >= 15 is 0 Å². The molecule has 1 amide bonds. The van der Waals surface area contributed by atoms with E-state index in [0.29, 0.717) is 18.7 Å². The number of aliphatic imine (C=N–C) groups is 1. The number of aliphatic carboxylic acids is 1. The minimum atomic E-state index is -4.09. The number of aromatic nitrogens is 3. The van der Waals surface area contributed by atoms with E-state index in [-0.39, 0.29) is 34.4 Å². The number of carboxylic acid groups (broad SMARTS) is 1. The lowest BCUT2D eigenvalue weighted by Gasteiger charge is -2.35. The average Bonchev–Trinajstić information content (AvgIpc) is 3.77. The smallest absolute Gasteiger partial charge is 0.326 e. The van der Waals surface area contributed by atoms with E-state index in [1.54, 1.807) is 23.7 Å². The Kier molecular flexibility index (Phi) is 12.2. The summed E-state index contributed by atoms with van der Waals surface area (Å²) in [7, 11) is -4.09. The number of nitrogens with one attached hydrogen (secondary N) is 3. The number of piperazine rings is 1. The molecule has 4 aromatic rings. The van der Waals surface area contributed by atoms with Gasteiger partial charge in [0, 0.05) is 69.5 Å². The van der Waals surface area contributed by atoms with Gasteiger partial charge in [0.15, 0.2) is 5.96 Å². The molecule has 1 unspecified atom stereocenters. The maximum absolute atomic E-state index is 13.3. The van der Waals surface area contributed by atoms with Crippen LogP contribution >= 0.6 is 11.3 Å². The highest BCUT2D eigenvalue weighted by atomic mass is 32.2. The van der Waals surface area contributed by atoms with E-state index in [1.807, 2.05) is 35.3 Å². The number of nitrogens with zero attached hydrogens (tertiary/aromatic N) is 6. The molecule has 50 heavy (non-hydrogen) atoms. The maximum atomic E-state index is 13.3. The summed E-state index contributed by atoms with van der Waals surface area (Å²) in [5.74, 6) is -1.05. The van der Waals surface area contributed by atoms with E-state index in [4.69, 9.17) is 11.5 Å². The first-order chi connectivity index (χ1) is 24.1. The lowest BCUT2D eigenvalue weighted by molar-refractivity contribution is -0.139. The predicted octanol–water partition coefficient (Wildman–Crippen LogP) is 1.81. The van der Waals surface area contributed by atoms with Crippen LogP contribution in [-0.2, 0) is 27.9 Å². The highest BCUT2D eigenvalue weighted by Gasteiger charge is 2.25. The van der Waals surface area contributed by atoms with Gasteiger partial charge in [-0.15, -0.1) is 11.3 Å². The van der Waals surface area contributed by atoms with Crippen LogP contribution in [0.1, 0.15) is 28.1 Å². The molecule has 0 spiro atoms.